The van der Waals surface area contributed by atoms with Gasteiger partial charge >= 0.3 is 0 Å². The number of halogens is 1. The molecule has 2 aromatic heterocycles. The molecular formula is C22H16ClN3O3. The largest absolute Gasteiger partial charge is 0.507 e. The summed E-state index contributed by atoms with van der Waals surface area (Å²) in [5.41, 5.74) is 1.90. The molecule has 0 aliphatic carbocycles. The lowest BCUT2D eigenvalue weighted by Crippen LogP contribution is -2.29. The number of aliphatic hydroxyl groups excluding tert-OH is 1. The number of hydrogen-bond acceptors (Lipinski definition) is 5. The lowest BCUT2D eigenvalue weighted by Gasteiger charge is -2.25. The van der Waals surface area contributed by atoms with Crippen molar-refractivity contribution >= 4 is 29.1 Å². The predicted molar refractivity (Wildman–Crippen MR) is 108 cm³/mol. The summed E-state index contributed by atoms with van der Waals surface area (Å²) in [4.78, 5) is 35.3. The first-order valence-electron chi connectivity index (χ1n) is 8.89. The van der Waals surface area contributed by atoms with E-state index >= 15 is 0 Å². The average molecular weight is 406 g/mol. The second-order valence-electron chi connectivity index (χ2n) is 6.58. The fourth-order valence-corrected chi connectivity index (χ4v) is 3.51. The maximum Gasteiger partial charge on any atom is 0.295 e. The van der Waals surface area contributed by atoms with Crippen LogP contribution < -0.4 is 0 Å². The van der Waals surface area contributed by atoms with Gasteiger partial charge in [0.25, 0.3) is 11.7 Å². The van der Waals surface area contributed by atoms with Crippen molar-refractivity contribution in [3.05, 3.63) is 101 Å². The van der Waals surface area contributed by atoms with E-state index in [0.29, 0.717) is 16.1 Å². The first-order chi connectivity index (χ1) is 14.1. The molecule has 0 bridgehead atoms. The van der Waals surface area contributed by atoms with Crippen LogP contribution in [-0.2, 0) is 16.1 Å². The zero-order valence-electron chi connectivity index (χ0n) is 15.2. The van der Waals surface area contributed by atoms with E-state index in [-0.39, 0.29) is 17.9 Å². The summed E-state index contributed by atoms with van der Waals surface area (Å²) < 4.78 is 0. The van der Waals surface area contributed by atoms with Gasteiger partial charge in [-0.25, -0.2) is 0 Å². The van der Waals surface area contributed by atoms with Gasteiger partial charge in [-0.3, -0.25) is 19.6 Å². The number of likely N-dealkylation sites (tertiary alicyclic amines) is 1. The zero-order chi connectivity index (χ0) is 20.4. The quantitative estimate of drug-likeness (QED) is 0.406. The van der Waals surface area contributed by atoms with Crippen molar-refractivity contribution in [1.82, 2.24) is 14.9 Å². The Morgan fingerprint density at radius 1 is 1.00 bits per heavy atom. The van der Waals surface area contributed by atoms with Crippen molar-refractivity contribution in [3.8, 4) is 0 Å². The van der Waals surface area contributed by atoms with Crippen molar-refractivity contribution < 1.29 is 14.7 Å². The molecule has 144 valence electrons. The molecule has 4 rings (SSSR count). The van der Waals surface area contributed by atoms with Crippen LogP contribution in [0.2, 0.25) is 5.02 Å². The van der Waals surface area contributed by atoms with Gasteiger partial charge in [0, 0.05) is 41.9 Å². The molecule has 1 aliphatic heterocycles. The summed E-state index contributed by atoms with van der Waals surface area (Å²) in [5, 5.41) is 11.4. The summed E-state index contributed by atoms with van der Waals surface area (Å²) in [6.45, 7) is 0.183. The third-order valence-electron chi connectivity index (χ3n) is 4.76. The van der Waals surface area contributed by atoms with Crippen LogP contribution in [0.25, 0.3) is 5.76 Å². The topological polar surface area (TPSA) is 83.4 Å². The Hall–Kier alpha value is -3.51. The van der Waals surface area contributed by atoms with Gasteiger partial charge in [0.05, 0.1) is 11.6 Å². The van der Waals surface area contributed by atoms with E-state index in [2.05, 4.69) is 9.97 Å². The molecule has 1 amide bonds. The number of rotatable bonds is 4. The minimum Gasteiger partial charge on any atom is -0.507 e. The lowest BCUT2D eigenvalue weighted by atomic mass is 9.96. The molecule has 0 unspecified atom stereocenters. The van der Waals surface area contributed by atoms with Crippen LogP contribution in [-0.4, -0.2) is 31.7 Å². The predicted octanol–water partition coefficient (Wildman–Crippen LogP) is 3.75. The van der Waals surface area contributed by atoms with E-state index in [9.17, 15) is 14.7 Å². The second-order valence-corrected chi connectivity index (χ2v) is 7.01. The van der Waals surface area contributed by atoms with Crippen LogP contribution in [0.15, 0.2) is 78.9 Å². The highest BCUT2D eigenvalue weighted by molar-refractivity contribution is 6.46. The fraction of sp³-hybridized carbons (Fsp3) is 0.0909. The van der Waals surface area contributed by atoms with E-state index in [1.807, 2.05) is 6.07 Å². The summed E-state index contributed by atoms with van der Waals surface area (Å²) >= 11 is 5.93. The minimum atomic E-state index is -0.742. The van der Waals surface area contributed by atoms with Gasteiger partial charge < -0.3 is 10.0 Å². The summed E-state index contributed by atoms with van der Waals surface area (Å²) in [6, 6.07) is 12.7. The Morgan fingerprint density at radius 3 is 2.38 bits per heavy atom. The SMILES string of the molecule is O=C1C(=O)N(Cc2cccnc2)[C@@H](c2ccncc2)/C1=C(\O)c1ccc(Cl)cc1. The smallest absolute Gasteiger partial charge is 0.295 e. The highest BCUT2D eigenvalue weighted by atomic mass is 35.5. The standard InChI is InChI=1S/C22H16ClN3O3/c23-17-5-3-16(4-6-17)20(27)18-19(15-7-10-24-11-8-15)26(22(29)21(18)28)13-14-2-1-9-25-12-14/h1-12,19,27H,13H2/b20-18+/t19-/m0/s1. The maximum atomic E-state index is 12.9. The molecular weight excluding hydrogens is 390 g/mol. The molecule has 1 atom stereocenters. The van der Waals surface area contributed by atoms with E-state index in [1.54, 1.807) is 67.3 Å². The van der Waals surface area contributed by atoms with Gasteiger partial charge in [0.15, 0.2) is 0 Å². The molecule has 1 aromatic carbocycles. The van der Waals surface area contributed by atoms with Crippen LogP contribution in [0.5, 0.6) is 0 Å². The number of carbonyl (C=O) groups is 2. The molecule has 0 spiro atoms. The molecule has 3 heterocycles. The molecule has 1 fully saturated rings. The van der Waals surface area contributed by atoms with Crippen molar-refractivity contribution in [2.24, 2.45) is 0 Å². The van der Waals surface area contributed by atoms with Crippen molar-refractivity contribution in [3.63, 3.8) is 0 Å². The van der Waals surface area contributed by atoms with Crippen LogP contribution in [0, 0.1) is 0 Å². The molecule has 1 aliphatic rings. The number of pyridine rings is 2. The zero-order valence-corrected chi connectivity index (χ0v) is 16.0. The summed E-state index contributed by atoms with van der Waals surface area (Å²) in [5.74, 6) is -1.65. The van der Waals surface area contributed by atoms with Gasteiger partial charge in [-0.1, -0.05) is 17.7 Å². The molecule has 0 saturated carbocycles. The van der Waals surface area contributed by atoms with Crippen molar-refractivity contribution in [2.45, 2.75) is 12.6 Å². The normalized spacial score (nSPS) is 18.2. The number of amides is 1. The molecule has 1 saturated heterocycles. The van der Waals surface area contributed by atoms with Crippen LogP contribution in [0.4, 0.5) is 0 Å². The van der Waals surface area contributed by atoms with Gasteiger partial charge in [0.2, 0.25) is 0 Å². The highest BCUT2D eigenvalue weighted by Crippen LogP contribution is 2.40. The summed E-state index contributed by atoms with van der Waals surface area (Å²) in [6.07, 6.45) is 6.45. The number of benzene rings is 1. The Kier molecular flexibility index (Phi) is 5.10. The Balaban J connectivity index is 1.85. The third kappa shape index (κ3) is 3.62. The first-order valence-corrected chi connectivity index (χ1v) is 9.27. The molecule has 3 aromatic rings. The van der Waals surface area contributed by atoms with E-state index in [0.717, 1.165) is 5.56 Å². The Morgan fingerprint density at radius 2 is 1.72 bits per heavy atom. The van der Waals surface area contributed by atoms with E-state index in [1.165, 1.54) is 4.90 Å². The lowest BCUT2D eigenvalue weighted by molar-refractivity contribution is -0.140. The number of hydrogen-bond donors (Lipinski definition) is 1. The van der Waals surface area contributed by atoms with E-state index < -0.39 is 17.7 Å². The number of aromatic nitrogens is 2. The van der Waals surface area contributed by atoms with Crippen molar-refractivity contribution in [2.75, 3.05) is 0 Å². The maximum absolute atomic E-state index is 12.9. The van der Waals surface area contributed by atoms with E-state index in [4.69, 9.17) is 11.6 Å². The molecule has 1 N–H and O–H groups in total. The number of Topliss-reactive ketones (excluding diaryl/α,β-unsaturated/α-hetero) is 1. The van der Waals surface area contributed by atoms with Crippen LogP contribution in [0.1, 0.15) is 22.7 Å². The molecule has 29 heavy (non-hydrogen) atoms. The first kappa shape index (κ1) is 18.8. The molecule has 6 nitrogen and oxygen atoms in total. The van der Waals surface area contributed by atoms with Crippen LogP contribution >= 0.6 is 11.6 Å². The van der Waals surface area contributed by atoms with Crippen LogP contribution in [0.3, 0.4) is 0 Å². The van der Waals surface area contributed by atoms with Crippen molar-refractivity contribution in [1.29, 1.82) is 0 Å². The van der Waals surface area contributed by atoms with Gasteiger partial charge in [-0.05, 0) is 53.6 Å². The molecule has 7 heteroatoms. The minimum absolute atomic E-state index is 0.0346. The number of carbonyl (C=O) groups excluding carboxylic acids is 2. The number of nitrogens with zero attached hydrogens (tertiary/aromatic N) is 3. The van der Waals surface area contributed by atoms with Gasteiger partial charge in [-0.15, -0.1) is 0 Å². The highest BCUT2D eigenvalue weighted by Gasteiger charge is 2.46. The number of aliphatic hydroxyl groups is 1. The Labute approximate surface area is 172 Å². The summed E-state index contributed by atoms with van der Waals surface area (Å²) in [7, 11) is 0. The average Bonchev–Trinajstić information content (AvgIpc) is 3.00. The number of ketones is 1. The van der Waals surface area contributed by atoms with Gasteiger partial charge in [-0.2, -0.15) is 0 Å². The van der Waals surface area contributed by atoms with Gasteiger partial charge in [0.1, 0.15) is 5.76 Å². The fourth-order valence-electron chi connectivity index (χ4n) is 3.39. The second kappa shape index (κ2) is 7.85. The molecule has 0 radical (unpaired) electrons. The Bertz CT molecular complexity index is 1080. The monoisotopic (exact) mass is 405 g/mol. The third-order valence-corrected chi connectivity index (χ3v) is 5.01.